The minimum absolute atomic E-state index is 0.0261. The maximum Gasteiger partial charge on any atom is 0.165 e. The van der Waals surface area contributed by atoms with Crippen LogP contribution in [-0.4, -0.2) is 18.0 Å². The van der Waals surface area contributed by atoms with Crippen molar-refractivity contribution in [1.29, 1.82) is 0 Å². The average molecular weight is 271 g/mol. The van der Waals surface area contributed by atoms with Crippen molar-refractivity contribution in [2.45, 2.75) is 6.92 Å². The van der Waals surface area contributed by atoms with Crippen LogP contribution < -0.4 is 4.74 Å². The van der Waals surface area contributed by atoms with Gasteiger partial charge in [-0.3, -0.25) is 4.79 Å². The van der Waals surface area contributed by atoms with Crippen LogP contribution in [0.25, 0.3) is 6.08 Å². The number of rotatable bonds is 3. The Morgan fingerprint density at radius 2 is 2.20 bits per heavy atom. The van der Waals surface area contributed by atoms with Crippen LogP contribution in [0, 0.1) is 0 Å². The largest absolute Gasteiger partial charge is 0.504 e. The second-order valence-corrected chi connectivity index (χ2v) is 3.91. The summed E-state index contributed by atoms with van der Waals surface area (Å²) >= 11 is 3.29. The number of carbonyl (C=O) groups is 1. The lowest BCUT2D eigenvalue weighted by molar-refractivity contribution is -0.112. The van der Waals surface area contributed by atoms with Gasteiger partial charge in [-0.2, -0.15) is 0 Å². The van der Waals surface area contributed by atoms with Crippen molar-refractivity contribution < 1.29 is 14.6 Å². The minimum atomic E-state index is -0.0756. The third-order valence-electron chi connectivity index (χ3n) is 1.79. The van der Waals surface area contributed by atoms with Gasteiger partial charge in [-0.15, -0.1) is 0 Å². The normalized spacial score (nSPS) is 10.6. The highest BCUT2D eigenvalue weighted by Gasteiger charge is 2.07. The van der Waals surface area contributed by atoms with Crippen LogP contribution in [0.5, 0.6) is 11.5 Å². The Kier molecular flexibility index (Phi) is 3.91. The van der Waals surface area contributed by atoms with E-state index in [1.165, 1.54) is 20.1 Å². The van der Waals surface area contributed by atoms with E-state index in [0.717, 1.165) is 4.47 Å². The van der Waals surface area contributed by atoms with Crippen LogP contribution in [0.3, 0.4) is 0 Å². The molecule has 0 fully saturated rings. The molecule has 0 aliphatic carbocycles. The number of phenolic OH excluding ortho intramolecular Hbond substituents is 1. The van der Waals surface area contributed by atoms with Gasteiger partial charge in [0, 0.05) is 10.0 Å². The number of hydrogen-bond donors (Lipinski definition) is 1. The molecule has 0 heterocycles. The summed E-state index contributed by atoms with van der Waals surface area (Å²) in [5, 5.41) is 9.72. The van der Waals surface area contributed by atoms with Crippen LogP contribution in [-0.2, 0) is 4.79 Å². The maximum atomic E-state index is 10.8. The number of carbonyl (C=O) groups excluding carboxylic acids is 1. The van der Waals surface area contributed by atoms with Gasteiger partial charge in [0.25, 0.3) is 0 Å². The molecule has 1 aromatic rings. The predicted octanol–water partition coefficient (Wildman–Crippen LogP) is 2.77. The summed E-state index contributed by atoms with van der Waals surface area (Å²) in [7, 11) is 1.47. The number of allylic oxidation sites excluding steroid dienone is 1. The average Bonchev–Trinajstić information content (AvgIpc) is 2.18. The first-order chi connectivity index (χ1) is 7.04. The van der Waals surface area contributed by atoms with Gasteiger partial charge < -0.3 is 9.84 Å². The molecule has 3 nitrogen and oxygen atoms in total. The third kappa shape index (κ3) is 3.09. The Balaban J connectivity index is 3.17. The van der Waals surface area contributed by atoms with E-state index in [4.69, 9.17) is 4.74 Å². The summed E-state index contributed by atoms with van der Waals surface area (Å²) < 4.78 is 5.75. The van der Waals surface area contributed by atoms with Crippen molar-refractivity contribution in [2.24, 2.45) is 0 Å². The molecule has 15 heavy (non-hydrogen) atoms. The number of hydrogen-bond acceptors (Lipinski definition) is 3. The molecule has 0 aliphatic heterocycles. The molecule has 1 aromatic carbocycles. The molecular formula is C11H11BrO3. The predicted molar refractivity (Wildman–Crippen MR) is 62.1 cm³/mol. The van der Waals surface area contributed by atoms with Gasteiger partial charge in [0.05, 0.1) is 7.11 Å². The topological polar surface area (TPSA) is 46.5 Å². The Hall–Kier alpha value is -1.29. The van der Waals surface area contributed by atoms with Gasteiger partial charge in [0.15, 0.2) is 17.3 Å². The van der Waals surface area contributed by atoms with Crippen molar-refractivity contribution in [2.75, 3.05) is 7.11 Å². The number of ketones is 1. The summed E-state index contributed by atoms with van der Waals surface area (Å²) in [6.07, 6.45) is 2.94. The van der Waals surface area contributed by atoms with E-state index < -0.39 is 0 Å². The van der Waals surface area contributed by atoms with Gasteiger partial charge in [0.2, 0.25) is 0 Å². The summed E-state index contributed by atoms with van der Waals surface area (Å²) in [5.41, 5.74) is 0.538. The SMILES string of the molecule is COc1cc(Br)cc(/C=C/C(C)=O)c1O. The molecule has 0 aliphatic rings. The van der Waals surface area contributed by atoms with Crippen LogP contribution in [0.15, 0.2) is 22.7 Å². The van der Waals surface area contributed by atoms with E-state index in [2.05, 4.69) is 15.9 Å². The van der Waals surface area contributed by atoms with Crippen molar-refractivity contribution in [3.63, 3.8) is 0 Å². The molecule has 0 spiro atoms. The van der Waals surface area contributed by atoms with Crippen molar-refractivity contribution in [3.05, 3.63) is 28.2 Å². The first kappa shape index (κ1) is 11.8. The van der Waals surface area contributed by atoms with Crippen LogP contribution in [0.2, 0.25) is 0 Å². The number of phenols is 1. The van der Waals surface area contributed by atoms with Crippen LogP contribution >= 0.6 is 15.9 Å². The first-order valence-electron chi connectivity index (χ1n) is 4.29. The summed E-state index contributed by atoms with van der Waals surface area (Å²) in [5.74, 6) is 0.319. The van der Waals surface area contributed by atoms with Crippen molar-refractivity contribution >= 4 is 27.8 Å². The highest BCUT2D eigenvalue weighted by molar-refractivity contribution is 9.10. The Morgan fingerprint density at radius 3 is 2.73 bits per heavy atom. The van der Waals surface area contributed by atoms with Crippen LogP contribution in [0.1, 0.15) is 12.5 Å². The zero-order chi connectivity index (χ0) is 11.4. The number of aromatic hydroxyl groups is 1. The maximum absolute atomic E-state index is 10.8. The molecule has 0 saturated carbocycles. The molecule has 0 unspecified atom stereocenters. The number of methoxy groups -OCH3 is 1. The van der Waals surface area contributed by atoms with E-state index in [1.807, 2.05) is 0 Å². The lowest BCUT2D eigenvalue weighted by atomic mass is 10.1. The lowest BCUT2D eigenvalue weighted by Gasteiger charge is -2.06. The second kappa shape index (κ2) is 4.98. The Bertz CT molecular complexity index is 411. The van der Waals surface area contributed by atoms with E-state index in [1.54, 1.807) is 18.2 Å². The molecule has 0 aromatic heterocycles. The van der Waals surface area contributed by atoms with Gasteiger partial charge in [-0.05, 0) is 31.2 Å². The number of ether oxygens (including phenoxy) is 1. The summed E-state index contributed by atoms with van der Waals surface area (Å²) in [6, 6.07) is 3.36. The standard InChI is InChI=1S/C11H11BrO3/c1-7(13)3-4-8-5-9(12)6-10(15-2)11(8)14/h3-6,14H,1-2H3/b4-3+. The fraction of sp³-hybridized carbons (Fsp3) is 0.182. The fourth-order valence-electron chi connectivity index (χ4n) is 1.08. The van der Waals surface area contributed by atoms with Crippen molar-refractivity contribution in [3.8, 4) is 11.5 Å². The molecule has 1 rings (SSSR count). The third-order valence-corrected chi connectivity index (χ3v) is 2.24. The number of halogens is 1. The van der Waals surface area contributed by atoms with E-state index in [0.29, 0.717) is 11.3 Å². The lowest BCUT2D eigenvalue weighted by Crippen LogP contribution is -1.87. The molecule has 4 heteroatoms. The Labute approximate surface area is 96.5 Å². The quantitative estimate of drug-likeness (QED) is 0.860. The minimum Gasteiger partial charge on any atom is -0.504 e. The first-order valence-corrected chi connectivity index (χ1v) is 5.09. The molecule has 0 saturated heterocycles. The van der Waals surface area contributed by atoms with E-state index >= 15 is 0 Å². The van der Waals surface area contributed by atoms with E-state index in [-0.39, 0.29) is 11.5 Å². The molecule has 1 N–H and O–H groups in total. The fourth-order valence-corrected chi connectivity index (χ4v) is 1.54. The van der Waals surface area contributed by atoms with Crippen molar-refractivity contribution in [1.82, 2.24) is 0 Å². The van der Waals surface area contributed by atoms with Gasteiger partial charge in [-0.25, -0.2) is 0 Å². The Morgan fingerprint density at radius 1 is 1.53 bits per heavy atom. The monoisotopic (exact) mass is 270 g/mol. The molecule has 0 radical (unpaired) electrons. The highest BCUT2D eigenvalue weighted by Crippen LogP contribution is 2.34. The smallest absolute Gasteiger partial charge is 0.165 e. The summed E-state index contributed by atoms with van der Waals surface area (Å²) in [6.45, 7) is 1.45. The molecule has 0 bridgehead atoms. The molecule has 0 amide bonds. The molecule has 80 valence electrons. The second-order valence-electron chi connectivity index (χ2n) is 2.99. The summed E-state index contributed by atoms with van der Waals surface area (Å²) in [4.78, 5) is 10.8. The number of benzene rings is 1. The van der Waals surface area contributed by atoms with Gasteiger partial charge in [0.1, 0.15) is 0 Å². The molecular weight excluding hydrogens is 260 g/mol. The van der Waals surface area contributed by atoms with E-state index in [9.17, 15) is 9.90 Å². The highest BCUT2D eigenvalue weighted by atomic mass is 79.9. The van der Waals surface area contributed by atoms with Gasteiger partial charge in [-0.1, -0.05) is 15.9 Å². The molecule has 0 atom stereocenters. The zero-order valence-corrected chi connectivity index (χ0v) is 10.0. The van der Waals surface area contributed by atoms with Crippen LogP contribution in [0.4, 0.5) is 0 Å². The zero-order valence-electron chi connectivity index (χ0n) is 8.45. The van der Waals surface area contributed by atoms with Gasteiger partial charge >= 0.3 is 0 Å².